The molecular formula is C42H52O2S2. The molecule has 0 atom stereocenters. The van der Waals surface area contributed by atoms with Crippen LogP contribution in [0.25, 0.3) is 51.1 Å². The molecule has 4 aromatic carbocycles. The van der Waals surface area contributed by atoms with Crippen LogP contribution in [0.5, 0.6) is 11.5 Å². The molecule has 0 aliphatic heterocycles. The van der Waals surface area contributed by atoms with Gasteiger partial charge in [-0.25, -0.2) is 0 Å². The Morgan fingerprint density at radius 3 is 1.17 bits per heavy atom. The second-order valence-corrected chi connectivity index (χ2v) is 15.7. The summed E-state index contributed by atoms with van der Waals surface area (Å²) in [6.07, 6.45) is 23.3. The van der Waals surface area contributed by atoms with Crippen LogP contribution < -0.4 is 0 Å². The van der Waals surface area contributed by atoms with Crippen LogP contribution in [0.1, 0.15) is 128 Å². The largest absolute Gasteiger partial charge is 0.506 e. The van der Waals surface area contributed by atoms with Gasteiger partial charge in [0.15, 0.2) is 0 Å². The van der Waals surface area contributed by atoms with Gasteiger partial charge < -0.3 is 10.2 Å². The highest BCUT2D eigenvalue weighted by Gasteiger charge is 2.20. The molecule has 0 aliphatic carbocycles. The maximum atomic E-state index is 11.5. The molecule has 46 heavy (non-hydrogen) atoms. The molecule has 4 heteroatoms. The van der Waals surface area contributed by atoms with Crippen LogP contribution in [0.3, 0.4) is 0 Å². The monoisotopic (exact) mass is 652 g/mol. The summed E-state index contributed by atoms with van der Waals surface area (Å²) in [5, 5.41) is 29.3. The van der Waals surface area contributed by atoms with Crippen molar-refractivity contribution in [3.8, 4) is 11.5 Å². The second-order valence-electron chi connectivity index (χ2n) is 13.6. The zero-order valence-corrected chi connectivity index (χ0v) is 29.7. The maximum absolute atomic E-state index is 11.5. The summed E-state index contributed by atoms with van der Waals surface area (Å²) in [6, 6.07) is 17.8. The van der Waals surface area contributed by atoms with Crippen molar-refractivity contribution in [1.29, 1.82) is 0 Å². The summed E-state index contributed by atoms with van der Waals surface area (Å²) in [7, 11) is 0. The average molecular weight is 653 g/mol. The molecule has 2 heterocycles. The van der Waals surface area contributed by atoms with E-state index in [1.807, 2.05) is 0 Å². The topological polar surface area (TPSA) is 40.5 Å². The van der Waals surface area contributed by atoms with E-state index in [-0.39, 0.29) is 0 Å². The van der Waals surface area contributed by atoms with Gasteiger partial charge in [-0.1, -0.05) is 128 Å². The maximum Gasteiger partial charge on any atom is 0.141 e. The van der Waals surface area contributed by atoms with Crippen molar-refractivity contribution in [1.82, 2.24) is 0 Å². The van der Waals surface area contributed by atoms with Gasteiger partial charge >= 0.3 is 0 Å². The van der Waals surface area contributed by atoms with E-state index in [1.54, 1.807) is 22.7 Å². The standard InChI is InChI=1S/C42H52O2S2/c1-3-5-7-9-11-13-15-17-19-29-21-23-31-27-35-39(37(43)33(31)25-29)45-42-36-28-32-24-22-30(20-18-16-14-12-10-8-6-4-2)26-34(32)38(44)40(36)46-41(35)42/h21-28,43-44H,3-20H2,1-2H3. The zero-order valence-electron chi connectivity index (χ0n) is 28.1. The van der Waals surface area contributed by atoms with Crippen molar-refractivity contribution in [3.05, 3.63) is 59.7 Å². The van der Waals surface area contributed by atoms with Gasteiger partial charge in [-0.3, -0.25) is 0 Å². The molecule has 2 aromatic heterocycles. The average Bonchev–Trinajstić information content (AvgIpc) is 3.61. The van der Waals surface area contributed by atoms with Gasteiger partial charge in [-0.15, -0.1) is 22.7 Å². The van der Waals surface area contributed by atoms with Gasteiger partial charge in [-0.2, -0.15) is 0 Å². The number of hydrogen-bond acceptors (Lipinski definition) is 4. The highest BCUT2D eigenvalue weighted by molar-refractivity contribution is 7.37. The Morgan fingerprint density at radius 1 is 0.413 bits per heavy atom. The second kappa shape index (κ2) is 15.8. The Labute approximate surface area is 283 Å². The Bertz CT molecular complexity index is 1770. The summed E-state index contributed by atoms with van der Waals surface area (Å²) in [4.78, 5) is 0. The summed E-state index contributed by atoms with van der Waals surface area (Å²) in [5.41, 5.74) is 2.63. The molecule has 244 valence electrons. The number of thiophene rings is 2. The van der Waals surface area contributed by atoms with E-state index in [1.165, 1.54) is 123 Å². The molecule has 6 aromatic rings. The van der Waals surface area contributed by atoms with Gasteiger partial charge in [0, 0.05) is 21.5 Å². The molecule has 0 bridgehead atoms. The molecule has 0 fully saturated rings. The molecule has 0 radical (unpaired) electrons. The van der Waals surface area contributed by atoms with E-state index in [0.717, 1.165) is 54.6 Å². The van der Waals surface area contributed by atoms with Crippen LogP contribution in [0.2, 0.25) is 0 Å². The van der Waals surface area contributed by atoms with E-state index in [0.29, 0.717) is 11.5 Å². The van der Waals surface area contributed by atoms with E-state index in [4.69, 9.17) is 0 Å². The van der Waals surface area contributed by atoms with Crippen molar-refractivity contribution >= 4 is 73.8 Å². The number of rotatable bonds is 18. The Hall–Kier alpha value is -2.82. The quantitative estimate of drug-likeness (QED) is 0.0907. The Balaban J connectivity index is 1.19. The molecule has 0 aliphatic rings. The molecule has 0 saturated heterocycles. The van der Waals surface area contributed by atoms with E-state index < -0.39 is 0 Å². The number of aromatic hydroxyl groups is 2. The van der Waals surface area contributed by atoms with Crippen LogP contribution in [0.4, 0.5) is 0 Å². The highest BCUT2D eigenvalue weighted by atomic mass is 32.1. The predicted octanol–water partition coefficient (Wildman–Crippen LogP) is 14.4. The number of hydrogen-bond donors (Lipinski definition) is 2. The van der Waals surface area contributed by atoms with Crippen LogP contribution in [0.15, 0.2) is 48.5 Å². The minimum absolute atomic E-state index is 0.405. The third-order valence-corrected chi connectivity index (χ3v) is 12.6. The number of unbranched alkanes of at least 4 members (excludes halogenated alkanes) is 14. The highest BCUT2D eigenvalue weighted by Crippen LogP contribution is 2.52. The van der Waals surface area contributed by atoms with E-state index in [9.17, 15) is 10.2 Å². The lowest BCUT2D eigenvalue weighted by Crippen LogP contribution is -1.87. The minimum Gasteiger partial charge on any atom is -0.506 e. The van der Waals surface area contributed by atoms with Gasteiger partial charge in [0.1, 0.15) is 11.5 Å². The van der Waals surface area contributed by atoms with Crippen LogP contribution in [-0.4, -0.2) is 10.2 Å². The molecule has 0 spiro atoms. The predicted molar refractivity (Wildman–Crippen MR) is 206 cm³/mol. The lowest BCUT2D eigenvalue weighted by molar-refractivity contribution is 0.488. The Morgan fingerprint density at radius 2 is 0.783 bits per heavy atom. The summed E-state index contributed by atoms with van der Waals surface area (Å²) >= 11 is 3.34. The third kappa shape index (κ3) is 7.34. The van der Waals surface area contributed by atoms with Crippen LogP contribution >= 0.6 is 22.7 Å². The number of benzene rings is 4. The summed E-state index contributed by atoms with van der Waals surface area (Å²) in [5.74, 6) is 0.810. The van der Waals surface area contributed by atoms with Crippen molar-refractivity contribution in [2.75, 3.05) is 0 Å². The fourth-order valence-electron chi connectivity index (χ4n) is 7.24. The molecule has 0 amide bonds. The van der Waals surface area contributed by atoms with Crippen molar-refractivity contribution in [3.63, 3.8) is 0 Å². The van der Waals surface area contributed by atoms with Crippen molar-refractivity contribution in [2.45, 2.75) is 129 Å². The van der Waals surface area contributed by atoms with Crippen LogP contribution in [-0.2, 0) is 12.8 Å². The number of aryl methyl sites for hydroxylation is 2. The fourth-order valence-corrected chi connectivity index (χ4v) is 9.93. The molecule has 0 unspecified atom stereocenters. The molecule has 2 N–H and O–H groups in total. The van der Waals surface area contributed by atoms with E-state index in [2.05, 4.69) is 62.4 Å². The van der Waals surface area contributed by atoms with E-state index >= 15 is 0 Å². The molecular weight excluding hydrogens is 601 g/mol. The molecule has 0 saturated carbocycles. The van der Waals surface area contributed by atoms with Gasteiger partial charge in [0.25, 0.3) is 0 Å². The summed E-state index contributed by atoms with van der Waals surface area (Å²) < 4.78 is 4.25. The smallest absolute Gasteiger partial charge is 0.141 e. The first-order valence-electron chi connectivity index (χ1n) is 18.3. The third-order valence-electron chi connectivity index (χ3n) is 10.0. The Kier molecular flexibility index (Phi) is 11.4. The SMILES string of the molecule is CCCCCCCCCCc1ccc2cc3c(sc4c5cc6ccc(CCCCCCCCCC)cc6c(O)c5sc34)c(O)c2c1. The molecule has 2 nitrogen and oxygen atoms in total. The first-order valence-corrected chi connectivity index (χ1v) is 19.9. The first kappa shape index (κ1) is 33.1. The van der Waals surface area contributed by atoms with Gasteiger partial charge in [0.05, 0.1) is 18.8 Å². The normalized spacial score (nSPS) is 12.1. The van der Waals surface area contributed by atoms with Crippen LogP contribution in [0, 0.1) is 0 Å². The lowest BCUT2D eigenvalue weighted by Gasteiger charge is -2.08. The first-order chi connectivity index (χ1) is 22.6. The number of phenols is 2. The lowest BCUT2D eigenvalue weighted by atomic mass is 9.99. The van der Waals surface area contributed by atoms with Gasteiger partial charge in [-0.05, 0) is 71.8 Å². The summed E-state index contributed by atoms with van der Waals surface area (Å²) in [6.45, 7) is 4.55. The number of fused-ring (bicyclic) bond motifs is 7. The fraction of sp³-hybridized carbons (Fsp3) is 0.476. The molecule has 6 rings (SSSR count). The number of phenolic OH excluding ortho intramolecular Hbond substituents is 2. The van der Waals surface area contributed by atoms with Crippen molar-refractivity contribution < 1.29 is 10.2 Å². The van der Waals surface area contributed by atoms with Gasteiger partial charge in [0.2, 0.25) is 0 Å². The minimum atomic E-state index is 0.405. The van der Waals surface area contributed by atoms with Crippen molar-refractivity contribution in [2.24, 2.45) is 0 Å². The zero-order chi connectivity index (χ0) is 31.9.